The van der Waals surface area contributed by atoms with Crippen LogP contribution in [-0.2, 0) is 25.7 Å². The van der Waals surface area contributed by atoms with E-state index in [-0.39, 0.29) is 40.5 Å². The fourth-order valence-electron chi connectivity index (χ4n) is 6.82. The molecular weight excluding hydrogens is 340 g/mol. The van der Waals surface area contributed by atoms with Crippen LogP contribution in [0.3, 0.4) is 0 Å². The quantitative estimate of drug-likeness (QED) is 0.593. The molecule has 0 radical (unpaired) electrons. The predicted octanol–water partition coefficient (Wildman–Crippen LogP) is 4.02. The number of methoxy groups -OCH3 is 1. The summed E-state index contributed by atoms with van der Waals surface area (Å²) in [6, 6.07) is 10.2. The Balaban J connectivity index is 1.64. The number of esters is 1. The summed E-state index contributed by atoms with van der Waals surface area (Å²) >= 11 is 0. The molecule has 146 valence electrons. The first kappa shape index (κ1) is 18.7. The Bertz CT molecular complexity index is 740. The van der Waals surface area contributed by atoms with E-state index < -0.39 is 5.92 Å². The zero-order chi connectivity index (χ0) is 19.4. The van der Waals surface area contributed by atoms with Gasteiger partial charge >= 0.3 is 5.97 Å². The summed E-state index contributed by atoms with van der Waals surface area (Å²) in [5.41, 5.74) is 0.792. The van der Waals surface area contributed by atoms with Gasteiger partial charge in [-0.1, -0.05) is 51.1 Å². The van der Waals surface area contributed by atoms with Gasteiger partial charge in [-0.25, -0.2) is 0 Å². The van der Waals surface area contributed by atoms with Gasteiger partial charge in [0.05, 0.1) is 19.8 Å². The minimum atomic E-state index is -0.620. The lowest BCUT2D eigenvalue weighted by molar-refractivity contribution is -0.156. The van der Waals surface area contributed by atoms with E-state index in [1.165, 1.54) is 7.11 Å². The number of Topliss-reactive ketones (excluding diaryl/α,β-unsaturated/α-hetero) is 1. The van der Waals surface area contributed by atoms with Crippen LogP contribution in [0, 0.1) is 34.5 Å². The number of fused-ring (bicyclic) bond motifs is 1. The molecule has 1 aromatic rings. The maximum absolute atomic E-state index is 13.4. The first-order chi connectivity index (χ1) is 12.8. The van der Waals surface area contributed by atoms with Crippen LogP contribution in [0.2, 0.25) is 0 Å². The second kappa shape index (κ2) is 6.44. The number of carbonyl (C=O) groups is 2. The van der Waals surface area contributed by atoms with Crippen LogP contribution >= 0.6 is 0 Å². The molecule has 0 saturated heterocycles. The summed E-state index contributed by atoms with van der Waals surface area (Å²) in [5, 5.41) is 0. The Morgan fingerprint density at radius 1 is 1.22 bits per heavy atom. The standard InChI is InChI=1S/C23H30O4/c1-14-17(21(25)26-4)18(24)19-22(2,3)20(16-10-11-23(14,19)12-16)27-13-15-8-6-5-7-9-15/h5-9,14,16-17,19-20H,10-13H2,1-4H3/t14-,16+,17?,19+,20+,23-/m1/s1. The van der Waals surface area contributed by atoms with Gasteiger partial charge < -0.3 is 9.47 Å². The van der Waals surface area contributed by atoms with Gasteiger partial charge in [0.15, 0.2) is 5.78 Å². The highest BCUT2D eigenvalue weighted by atomic mass is 16.5. The number of ketones is 1. The van der Waals surface area contributed by atoms with E-state index >= 15 is 0 Å². The van der Waals surface area contributed by atoms with Crippen molar-refractivity contribution >= 4 is 11.8 Å². The van der Waals surface area contributed by atoms with Gasteiger partial charge in [0.25, 0.3) is 0 Å². The second-order valence-corrected chi connectivity index (χ2v) is 9.40. The molecule has 6 atom stereocenters. The smallest absolute Gasteiger partial charge is 0.316 e. The molecule has 0 N–H and O–H groups in total. The lowest BCUT2D eigenvalue weighted by Crippen LogP contribution is -2.53. The molecular formula is C23H30O4. The maximum Gasteiger partial charge on any atom is 0.316 e. The molecule has 2 bridgehead atoms. The minimum Gasteiger partial charge on any atom is -0.468 e. The summed E-state index contributed by atoms with van der Waals surface area (Å²) < 4.78 is 11.5. The first-order valence-electron chi connectivity index (χ1n) is 10.1. The minimum absolute atomic E-state index is 0.0332. The van der Waals surface area contributed by atoms with Crippen molar-refractivity contribution in [1.82, 2.24) is 0 Å². The maximum atomic E-state index is 13.4. The van der Waals surface area contributed by atoms with Crippen LogP contribution in [0.25, 0.3) is 0 Å². The molecule has 0 amide bonds. The average Bonchev–Trinajstić information content (AvgIpc) is 3.13. The van der Waals surface area contributed by atoms with E-state index in [1.54, 1.807) is 0 Å². The lowest BCUT2D eigenvalue weighted by Gasteiger charge is -2.52. The number of ether oxygens (including phenoxy) is 2. The van der Waals surface area contributed by atoms with Gasteiger partial charge in [-0.3, -0.25) is 9.59 Å². The van der Waals surface area contributed by atoms with Crippen LogP contribution in [0.15, 0.2) is 30.3 Å². The normalized spacial score (nSPS) is 39.3. The molecule has 27 heavy (non-hydrogen) atoms. The fraction of sp³-hybridized carbons (Fsp3) is 0.652. The zero-order valence-corrected chi connectivity index (χ0v) is 16.7. The molecule has 0 heterocycles. The molecule has 0 aliphatic heterocycles. The molecule has 1 aromatic carbocycles. The van der Waals surface area contributed by atoms with Crippen molar-refractivity contribution in [2.24, 2.45) is 34.5 Å². The SMILES string of the molecule is COC(=O)C1C(=O)[C@H]2C(C)(C)[C@@H](OCc3ccccc3)[C@H]3CC[C@@]2(C3)[C@@H]1C. The molecule has 1 spiro atoms. The highest BCUT2D eigenvalue weighted by molar-refractivity contribution is 6.03. The summed E-state index contributed by atoms with van der Waals surface area (Å²) in [7, 11) is 1.39. The van der Waals surface area contributed by atoms with Gasteiger partial charge in [-0.2, -0.15) is 0 Å². The largest absolute Gasteiger partial charge is 0.468 e. The summed E-state index contributed by atoms with van der Waals surface area (Å²) in [6.45, 7) is 6.99. The molecule has 4 heteroatoms. The molecule has 1 unspecified atom stereocenters. The van der Waals surface area contributed by atoms with Crippen LogP contribution in [0.4, 0.5) is 0 Å². The van der Waals surface area contributed by atoms with Crippen molar-refractivity contribution in [2.45, 2.75) is 52.7 Å². The van der Waals surface area contributed by atoms with Crippen molar-refractivity contribution in [2.75, 3.05) is 7.11 Å². The number of hydrogen-bond acceptors (Lipinski definition) is 4. The Kier molecular flexibility index (Phi) is 4.45. The van der Waals surface area contributed by atoms with Crippen molar-refractivity contribution in [3.63, 3.8) is 0 Å². The number of hydrogen-bond donors (Lipinski definition) is 0. The molecule has 4 rings (SSSR count). The van der Waals surface area contributed by atoms with Gasteiger partial charge in [0.1, 0.15) is 5.92 Å². The van der Waals surface area contributed by atoms with E-state index in [2.05, 4.69) is 32.9 Å². The molecule has 3 aliphatic rings. The van der Waals surface area contributed by atoms with Crippen LogP contribution < -0.4 is 0 Å². The van der Waals surface area contributed by atoms with Gasteiger partial charge in [-0.05, 0) is 42.1 Å². The zero-order valence-electron chi connectivity index (χ0n) is 16.7. The lowest BCUT2D eigenvalue weighted by atomic mass is 9.54. The summed E-state index contributed by atoms with van der Waals surface area (Å²) in [5.74, 6) is -0.548. The van der Waals surface area contributed by atoms with E-state index in [0.29, 0.717) is 12.5 Å². The van der Waals surface area contributed by atoms with Gasteiger partial charge in [0.2, 0.25) is 0 Å². The highest BCUT2D eigenvalue weighted by Crippen LogP contribution is 2.70. The van der Waals surface area contributed by atoms with E-state index in [1.807, 2.05) is 18.2 Å². The van der Waals surface area contributed by atoms with Crippen molar-refractivity contribution < 1.29 is 19.1 Å². The highest BCUT2D eigenvalue weighted by Gasteiger charge is 2.71. The topological polar surface area (TPSA) is 52.6 Å². The number of carbonyl (C=O) groups excluding carboxylic acids is 2. The van der Waals surface area contributed by atoms with Gasteiger partial charge in [0, 0.05) is 11.3 Å². The third-order valence-electron chi connectivity index (χ3n) is 7.83. The summed E-state index contributed by atoms with van der Waals surface area (Å²) in [4.78, 5) is 25.8. The molecule has 3 aliphatic carbocycles. The van der Waals surface area contributed by atoms with E-state index in [9.17, 15) is 9.59 Å². The van der Waals surface area contributed by atoms with Crippen molar-refractivity contribution in [1.29, 1.82) is 0 Å². The number of benzene rings is 1. The second-order valence-electron chi connectivity index (χ2n) is 9.40. The Hall–Kier alpha value is -1.68. The Morgan fingerprint density at radius 3 is 2.59 bits per heavy atom. The third kappa shape index (κ3) is 2.60. The molecule has 3 fully saturated rings. The monoisotopic (exact) mass is 370 g/mol. The Labute approximate surface area is 161 Å². The third-order valence-corrected chi connectivity index (χ3v) is 7.83. The first-order valence-corrected chi connectivity index (χ1v) is 10.1. The molecule has 3 saturated carbocycles. The molecule has 4 nitrogen and oxygen atoms in total. The Morgan fingerprint density at radius 2 is 1.93 bits per heavy atom. The van der Waals surface area contributed by atoms with E-state index in [0.717, 1.165) is 24.8 Å². The van der Waals surface area contributed by atoms with Crippen molar-refractivity contribution in [3.05, 3.63) is 35.9 Å². The number of rotatable bonds is 4. The summed E-state index contributed by atoms with van der Waals surface area (Å²) in [6.07, 6.45) is 3.11. The van der Waals surface area contributed by atoms with Crippen LogP contribution in [0.1, 0.15) is 45.6 Å². The van der Waals surface area contributed by atoms with E-state index in [4.69, 9.17) is 9.47 Å². The average molecular weight is 370 g/mol. The predicted molar refractivity (Wildman–Crippen MR) is 102 cm³/mol. The fourth-order valence-corrected chi connectivity index (χ4v) is 6.82. The van der Waals surface area contributed by atoms with Crippen LogP contribution in [-0.4, -0.2) is 25.0 Å². The molecule has 0 aromatic heterocycles. The van der Waals surface area contributed by atoms with Crippen molar-refractivity contribution in [3.8, 4) is 0 Å². The van der Waals surface area contributed by atoms with Crippen LogP contribution in [0.5, 0.6) is 0 Å². The van der Waals surface area contributed by atoms with Gasteiger partial charge in [-0.15, -0.1) is 0 Å².